The van der Waals surface area contributed by atoms with Crippen LogP contribution in [-0.2, 0) is 12.8 Å². The second-order valence-electron chi connectivity index (χ2n) is 10.4. The third kappa shape index (κ3) is 6.02. The highest BCUT2D eigenvalue weighted by atomic mass is 127. The van der Waals surface area contributed by atoms with Crippen molar-refractivity contribution in [3.63, 3.8) is 0 Å². The van der Waals surface area contributed by atoms with E-state index < -0.39 is 0 Å². The monoisotopic (exact) mass is 642 g/mol. The van der Waals surface area contributed by atoms with Crippen molar-refractivity contribution in [2.75, 3.05) is 5.32 Å². The molecule has 4 nitrogen and oxygen atoms in total. The van der Waals surface area contributed by atoms with Gasteiger partial charge in [0.2, 0.25) is 0 Å². The maximum absolute atomic E-state index is 13.5. The van der Waals surface area contributed by atoms with Crippen LogP contribution in [-0.4, -0.2) is 12.1 Å². The van der Waals surface area contributed by atoms with Gasteiger partial charge < -0.3 is 9.73 Å². The van der Waals surface area contributed by atoms with Crippen molar-refractivity contribution < 1.29 is 9.21 Å². The molecule has 0 saturated heterocycles. The zero-order chi connectivity index (χ0) is 26.2. The Hall–Kier alpha value is -2.42. The number of nitrogens with one attached hydrogen (secondary N) is 1. The summed E-state index contributed by atoms with van der Waals surface area (Å²) in [7, 11) is 0. The molecule has 1 amide bonds. The van der Waals surface area contributed by atoms with Gasteiger partial charge in [-0.1, -0.05) is 44.5 Å². The van der Waals surface area contributed by atoms with Crippen molar-refractivity contribution in [3.8, 4) is 11.3 Å². The molecule has 0 bridgehead atoms. The second kappa shape index (κ2) is 10.8. The molecule has 0 fully saturated rings. The molecular weight excluding hydrogens is 615 g/mol. The number of rotatable bonds is 5. The lowest BCUT2D eigenvalue weighted by Crippen LogP contribution is -2.27. The number of furan rings is 1. The lowest BCUT2D eigenvalue weighted by molar-refractivity contribution is 0.102. The number of benzene rings is 2. The fourth-order valence-electron chi connectivity index (χ4n) is 4.68. The van der Waals surface area contributed by atoms with Crippen LogP contribution in [0.1, 0.15) is 53.8 Å². The van der Waals surface area contributed by atoms with E-state index in [0.717, 1.165) is 41.2 Å². The number of fused-ring (bicyclic) bond motifs is 1. The number of amides is 1. The number of aliphatic imine (C=N–C) groups is 1. The Morgan fingerprint density at radius 2 is 1.84 bits per heavy atom. The average molecular weight is 643 g/mol. The van der Waals surface area contributed by atoms with Crippen molar-refractivity contribution in [2.24, 2.45) is 16.3 Å². The summed E-state index contributed by atoms with van der Waals surface area (Å²) in [5.74, 6) is 1.87. The summed E-state index contributed by atoms with van der Waals surface area (Å²) in [4.78, 5) is 19.6. The van der Waals surface area contributed by atoms with Crippen LogP contribution in [0.5, 0.6) is 0 Å². The predicted octanol–water partition coefficient (Wildman–Crippen LogP) is 9.42. The van der Waals surface area contributed by atoms with E-state index in [-0.39, 0.29) is 11.3 Å². The third-order valence-electron chi connectivity index (χ3n) is 6.87. The van der Waals surface area contributed by atoms with E-state index >= 15 is 0 Å². The molecule has 0 unspecified atom stereocenters. The van der Waals surface area contributed by atoms with Crippen molar-refractivity contribution in [1.82, 2.24) is 0 Å². The maximum Gasteiger partial charge on any atom is 0.259 e. The summed E-state index contributed by atoms with van der Waals surface area (Å²) in [6.07, 6.45) is 4.63. The highest BCUT2D eigenvalue weighted by Gasteiger charge is 2.33. The van der Waals surface area contributed by atoms with Gasteiger partial charge in [-0.3, -0.25) is 4.79 Å². The zero-order valence-electron chi connectivity index (χ0n) is 21.0. The molecule has 0 saturated carbocycles. The Morgan fingerprint density at radius 3 is 2.54 bits per heavy atom. The molecule has 190 valence electrons. The molecule has 1 aliphatic carbocycles. The van der Waals surface area contributed by atoms with E-state index in [1.165, 1.54) is 8.45 Å². The largest absolute Gasteiger partial charge is 0.455 e. The summed E-state index contributed by atoms with van der Waals surface area (Å²) in [5.41, 5.74) is 3.74. The van der Waals surface area contributed by atoms with Crippen molar-refractivity contribution >= 4 is 68.3 Å². The summed E-state index contributed by atoms with van der Waals surface area (Å²) in [6.45, 7) is 6.89. The minimum Gasteiger partial charge on any atom is -0.455 e. The van der Waals surface area contributed by atoms with Gasteiger partial charge in [0.15, 0.2) is 0 Å². The molecule has 0 aliphatic heterocycles. The molecule has 0 radical (unpaired) electrons. The summed E-state index contributed by atoms with van der Waals surface area (Å²) >= 11 is 9.94. The van der Waals surface area contributed by atoms with Gasteiger partial charge >= 0.3 is 0 Å². The molecule has 1 N–H and O–H groups in total. The normalized spacial score (nSPS) is 15.6. The van der Waals surface area contributed by atoms with E-state index in [4.69, 9.17) is 21.0 Å². The number of halogens is 2. The van der Waals surface area contributed by atoms with E-state index in [2.05, 4.69) is 60.8 Å². The summed E-state index contributed by atoms with van der Waals surface area (Å²) < 4.78 is 7.22. The van der Waals surface area contributed by atoms with Gasteiger partial charge in [0.25, 0.3) is 5.91 Å². The number of nitrogens with zero attached hydrogens (tertiary/aromatic N) is 1. The van der Waals surface area contributed by atoms with Crippen LogP contribution in [0, 0.1) is 14.9 Å². The molecule has 5 rings (SSSR count). The van der Waals surface area contributed by atoms with Crippen LogP contribution in [0.25, 0.3) is 11.3 Å². The summed E-state index contributed by atoms with van der Waals surface area (Å²) in [6, 6.07) is 19.2. The van der Waals surface area contributed by atoms with Crippen LogP contribution in [0.3, 0.4) is 0 Å². The average Bonchev–Trinajstić information content (AvgIpc) is 3.48. The summed E-state index contributed by atoms with van der Waals surface area (Å²) in [5, 5.41) is 4.40. The number of hydrogen-bond acceptors (Lipinski definition) is 4. The highest BCUT2D eigenvalue weighted by molar-refractivity contribution is 14.1. The van der Waals surface area contributed by atoms with Gasteiger partial charge in [-0.2, -0.15) is 0 Å². The Labute approximate surface area is 240 Å². The number of carbonyl (C=O) groups is 1. The molecule has 2 aromatic carbocycles. The van der Waals surface area contributed by atoms with Gasteiger partial charge in [0, 0.05) is 24.7 Å². The van der Waals surface area contributed by atoms with Gasteiger partial charge in [0.05, 0.1) is 11.8 Å². The van der Waals surface area contributed by atoms with Gasteiger partial charge in [-0.15, -0.1) is 11.3 Å². The lowest BCUT2D eigenvalue weighted by Gasteiger charge is -2.33. The SMILES string of the molecule is CC(C)(C)[C@H]1CCc2c(sc(N=Cc3ccc(-c4ccc(I)cc4)o3)c2C(=O)Nc2ccc(Cl)cc2)C1. The van der Waals surface area contributed by atoms with Crippen LogP contribution in [0.2, 0.25) is 5.02 Å². The molecule has 0 spiro atoms. The molecule has 2 aromatic heterocycles. The lowest BCUT2D eigenvalue weighted by atomic mass is 9.72. The van der Waals surface area contributed by atoms with Crippen molar-refractivity contribution in [2.45, 2.75) is 40.0 Å². The van der Waals surface area contributed by atoms with E-state index in [9.17, 15) is 4.79 Å². The Bertz CT molecular complexity index is 1450. The maximum atomic E-state index is 13.5. The second-order valence-corrected chi connectivity index (χ2v) is 13.2. The molecular formula is C30H28ClIN2O2S. The molecule has 37 heavy (non-hydrogen) atoms. The number of thiophene rings is 1. The van der Waals surface area contributed by atoms with Crippen LogP contribution >= 0.6 is 45.5 Å². The molecule has 4 aromatic rings. The molecule has 7 heteroatoms. The molecule has 1 aliphatic rings. The van der Waals surface area contributed by atoms with Gasteiger partial charge in [0.1, 0.15) is 16.5 Å². The number of hydrogen-bond donors (Lipinski definition) is 1. The first-order valence-corrected chi connectivity index (χ1v) is 14.6. The van der Waals surface area contributed by atoms with Crippen molar-refractivity contribution in [3.05, 3.63) is 91.0 Å². The Kier molecular flexibility index (Phi) is 7.61. The van der Waals surface area contributed by atoms with E-state index in [0.29, 0.717) is 28.0 Å². The van der Waals surface area contributed by atoms with Crippen LogP contribution in [0.4, 0.5) is 10.7 Å². The zero-order valence-corrected chi connectivity index (χ0v) is 24.7. The number of anilines is 1. The number of carbonyl (C=O) groups excluding carboxylic acids is 1. The third-order valence-corrected chi connectivity index (χ3v) is 9.00. The molecule has 2 heterocycles. The Morgan fingerprint density at radius 1 is 1.11 bits per heavy atom. The molecule has 1 atom stereocenters. The van der Waals surface area contributed by atoms with Gasteiger partial charge in [-0.25, -0.2) is 4.99 Å². The fraction of sp³-hybridized carbons (Fsp3) is 0.267. The predicted molar refractivity (Wildman–Crippen MR) is 163 cm³/mol. The minimum atomic E-state index is -0.139. The van der Waals surface area contributed by atoms with E-state index in [1.807, 2.05) is 36.4 Å². The fourth-order valence-corrected chi connectivity index (χ4v) is 6.43. The quantitative estimate of drug-likeness (QED) is 0.174. The minimum absolute atomic E-state index is 0.139. The topological polar surface area (TPSA) is 54.6 Å². The standard InChI is InChI=1S/C30H28ClIN2O2S/c1-30(2,3)19-6-14-24-26(16-19)37-29(27(24)28(35)34-22-11-7-20(31)8-12-22)33-17-23-13-15-25(36-23)18-4-9-21(32)10-5-18/h4-5,7-13,15,17,19H,6,14,16H2,1-3H3,(H,34,35)/t19-/m0/s1. The Balaban J connectivity index is 1.46. The highest BCUT2D eigenvalue weighted by Crippen LogP contribution is 2.45. The smallest absolute Gasteiger partial charge is 0.259 e. The van der Waals surface area contributed by atoms with Crippen molar-refractivity contribution in [1.29, 1.82) is 0 Å². The first-order valence-electron chi connectivity index (χ1n) is 12.3. The first kappa shape index (κ1) is 26.2. The van der Waals surface area contributed by atoms with E-state index in [1.54, 1.807) is 29.7 Å². The van der Waals surface area contributed by atoms with Crippen LogP contribution in [0.15, 0.2) is 70.1 Å². The van der Waals surface area contributed by atoms with Crippen LogP contribution < -0.4 is 5.32 Å². The first-order chi connectivity index (χ1) is 17.7. The van der Waals surface area contributed by atoms with Gasteiger partial charge in [-0.05, 0) is 107 Å².